The topological polar surface area (TPSA) is 6.48 Å². The number of anilines is 1. The molecular formula is C15H24N2. The van der Waals surface area contributed by atoms with E-state index in [1.807, 2.05) is 0 Å². The molecule has 17 heavy (non-hydrogen) atoms. The maximum Gasteiger partial charge on any atom is 0.0402 e. The summed E-state index contributed by atoms with van der Waals surface area (Å²) in [6.45, 7) is 12.5. The van der Waals surface area contributed by atoms with Crippen molar-refractivity contribution in [3.05, 3.63) is 28.8 Å². The predicted octanol–water partition coefficient (Wildman–Crippen LogP) is 2.75. The first-order valence-corrected chi connectivity index (χ1v) is 6.52. The van der Waals surface area contributed by atoms with E-state index >= 15 is 0 Å². The van der Waals surface area contributed by atoms with Crippen molar-refractivity contribution in [2.24, 2.45) is 0 Å². The molecule has 0 radical (unpaired) electrons. The number of nitrogens with zero attached hydrogens (tertiary/aromatic N) is 2. The number of rotatable bonds is 1. The lowest BCUT2D eigenvalue weighted by Gasteiger charge is -2.40. The van der Waals surface area contributed by atoms with Crippen molar-refractivity contribution >= 4 is 5.69 Å². The molecule has 1 aromatic rings. The minimum atomic E-state index is 0.606. The van der Waals surface area contributed by atoms with E-state index in [1.54, 1.807) is 0 Å². The molecule has 0 bridgehead atoms. The number of likely N-dealkylation sites (N-methyl/N-ethyl adjacent to an activating group) is 1. The van der Waals surface area contributed by atoms with E-state index in [1.165, 1.54) is 22.4 Å². The second kappa shape index (κ2) is 4.69. The summed E-state index contributed by atoms with van der Waals surface area (Å²) in [5.74, 6) is 0. The largest absolute Gasteiger partial charge is 0.366 e. The van der Waals surface area contributed by atoms with Gasteiger partial charge in [-0.15, -0.1) is 0 Å². The van der Waals surface area contributed by atoms with Crippen LogP contribution < -0.4 is 4.90 Å². The van der Waals surface area contributed by atoms with Crippen LogP contribution in [0.4, 0.5) is 5.69 Å². The van der Waals surface area contributed by atoms with Crippen LogP contribution in [-0.2, 0) is 0 Å². The fraction of sp³-hybridized carbons (Fsp3) is 0.600. The van der Waals surface area contributed by atoms with Crippen molar-refractivity contribution in [2.45, 2.75) is 33.7 Å². The monoisotopic (exact) mass is 232 g/mol. The maximum absolute atomic E-state index is 2.56. The Balaban J connectivity index is 2.31. The van der Waals surface area contributed by atoms with Crippen LogP contribution >= 0.6 is 0 Å². The molecule has 2 rings (SSSR count). The van der Waals surface area contributed by atoms with Crippen LogP contribution in [0.25, 0.3) is 0 Å². The molecule has 0 amide bonds. The number of hydrogen-bond donors (Lipinski definition) is 0. The molecule has 0 aromatic heterocycles. The number of benzene rings is 1. The standard InChI is InChI=1S/C15H24N2/c1-11-6-7-15(14(4)13(11)3)17-9-8-16(5)10-12(17)2/h6-7,12H,8-10H2,1-5H3/t12-/m1/s1. The van der Waals surface area contributed by atoms with E-state index in [-0.39, 0.29) is 0 Å². The molecule has 2 nitrogen and oxygen atoms in total. The number of hydrogen-bond acceptors (Lipinski definition) is 2. The zero-order valence-electron chi connectivity index (χ0n) is 11.7. The molecule has 2 heteroatoms. The van der Waals surface area contributed by atoms with Crippen LogP contribution in [0.5, 0.6) is 0 Å². The SMILES string of the molecule is Cc1ccc(N2CCN(C)C[C@H]2C)c(C)c1C. The average molecular weight is 232 g/mol. The highest BCUT2D eigenvalue weighted by Gasteiger charge is 2.23. The molecule has 1 aliphatic heterocycles. The minimum Gasteiger partial charge on any atom is -0.366 e. The van der Waals surface area contributed by atoms with E-state index in [2.05, 4.69) is 56.7 Å². The van der Waals surface area contributed by atoms with Gasteiger partial charge in [0, 0.05) is 31.4 Å². The van der Waals surface area contributed by atoms with Crippen molar-refractivity contribution in [3.63, 3.8) is 0 Å². The lowest BCUT2D eigenvalue weighted by atomic mass is 10.0. The Morgan fingerprint density at radius 1 is 1.06 bits per heavy atom. The van der Waals surface area contributed by atoms with Gasteiger partial charge in [0.15, 0.2) is 0 Å². The van der Waals surface area contributed by atoms with Crippen LogP contribution in [-0.4, -0.2) is 37.6 Å². The molecule has 94 valence electrons. The van der Waals surface area contributed by atoms with Crippen molar-refractivity contribution in [1.82, 2.24) is 4.90 Å². The highest BCUT2D eigenvalue weighted by Crippen LogP contribution is 2.28. The summed E-state index contributed by atoms with van der Waals surface area (Å²) in [7, 11) is 2.21. The second-order valence-corrected chi connectivity index (χ2v) is 5.46. The molecule has 1 aromatic carbocycles. The third kappa shape index (κ3) is 2.32. The summed E-state index contributed by atoms with van der Waals surface area (Å²) in [5, 5.41) is 0. The van der Waals surface area contributed by atoms with Gasteiger partial charge in [0.25, 0.3) is 0 Å². The van der Waals surface area contributed by atoms with Gasteiger partial charge in [0.1, 0.15) is 0 Å². The predicted molar refractivity (Wildman–Crippen MR) is 75.0 cm³/mol. The highest BCUT2D eigenvalue weighted by atomic mass is 15.3. The van der Waals surface area contributed by atoms with E-state index < -0.39 is 0 Å². The summed E-state index contributed by atoms with van der Waals surface area (Å²) in [6.07, 6.45) is 0. The van der Waals surface area contributed by atoms with Crippen molar-refractivity contribution in [2.75, 3.05) is 31.6 Å². The quantitative estimate of drug-likeness (QED) is 0.734. The zero-order valence-corrected chi connectivity index (χ0v) is 11.7. The van der Waals surface area contributed by atoms with Gasteiger partial charge in [-0.1, -0.05) is 6.07 Å². The molecule has 0 unspecified atom stereocenters. The first-order chi connectivity index (χ1) is 8.00. The molecule has 1 fully saturated rings. The molecule has 1 heterocycles. The molecule has 0 aliphatic carbocycles. The average Bonchev–Trinajstić information content (AvgIpc) is 2.28. The lowest BCUT2D eigenvalue weighted by Crippen LogP contribution is -2.50. The van der Waals surface area contributed by atoms with Crippen LogP contribution in [0.1, 0.15) is 23.6 Å². The summed E-state index contributed by atoms with van der Waals surface area (Å²) >= 11 is 0. The van der Waals surface area contributed by atoms with Crippen molar-refractivity contribution in [1.29, 1.82) is 0 Å². The first-order valence-electron chi connectivity index (χ1n) is 6.52. The Morgan fingerprint density at radius 2 is 1.76 bits per heavy atom. The van der Waals surface area contributed by atoms with Crippen LogP contribution in [0.3, 0.4) is 0 Å². The van der Waals surface area contributed by atoms with Gasteiger partial charge in [0.05, 0.1) is 0 Å². The summed E-state index contributed by atoms with van der Waals surface area (Å²) in [5.41, 5.74) is 5.71. The van der Waals surface area contributed by atoms with Gasteiger partial charge in [-0.2, -0.15) is 0 Å². The number of aryl methyl sites for hydroxylation is 1. The Hall–Kier alpha value is -1.02. The normalized spacial score (nSPS) is 21.9. The summed E-state index contributed by atoms with van der Waals surface area (Å²) in [4.78, 5) is 4.97. The smallest absolute Gasteiger partial charge is 0.0402 e. The summed E-state index contributed by atoms with van der Waals surface area (Å²) < 4.78 is 0. The Labute approximate surface area is 105 Å². The van der Waals surface area contributed by atoms with Crippen molar-refractivity contribution in [3.8, 4) is 0 Å². The molecule has 1 atom stereocenters. The maximum atomic E-state index is 2.56. The Kier molecular flexibility index (Phi) is 3.43. The third-order valence-corrected chi connectivity index (χ3v) is 4.17. The fourth-order valence-electron chi connectivity index (χ4n) is 2.75. The van der Waals surface area contributed by atoms with Crippen molar-refractivity contribution < 1.29 is 0 Å². The lowest BCUT2D eigenvalue weighted by molar-refractivity contribution is 0.275. The molecule has 0 spiro atoms. The summed E-state index contributed by atoms with van der Waals surface area (Å²) in [6, 6.07) is 5.15. The van der Waals surface area contributed by atoms with Gasteiger partial charge in [-0.05, 0) is 57.5 Å². The second-order valence-electron chi connectivity index (χ2n) is 5.46. The van der Waals surface area contributed by atoms with Crippen LogP contribution in [0.2, 0.25) is 0 Å². The zero-order chi connectivity index (χ0) is 12.6. The van der Waals surface area contributed by atoms with E-state index in [4.69, 9.17) is 0 Å². The molecule has 0 N–H and O–H groups in total. The first kappa shape index (κ1) is 12.4. The molecular weight excluding hydrogens is 208 g/mol. The third-order valence-electron chi connectivity index (χ3n) is 4.17. The molecule has 0 saturated carbocycles. The Morgan fingerprint density at radius 3 is 2.41 bits per heavy atom. The van der Waals surface area contributed by atoms with Crippen LogP contribution in [0.15, 0.2) is 12.1 Å². The van der Waals surface area contributed by atoms with Crippen LogP contribution in [0, 0.1) is 20.8 Å². The van der Waals surface area contributed by atoms with Gasteiger partial charge < -0.3 is 9.80 Å². The van der Waals surface area contributed by atoms with E-state index in [0.717, 1.165) is 19.6 Å². The molecule has 1 saturated heterocycles. The van der Waals surface area contributed by atoms with Gasteiger partial charge >= 0.3 is 0 Å². The highest BCUT2D eigenvalue weighted by molar-refractivity contribution is 5.58. The van der Waals surface area contributed by atoms with E-state index in [0.29, 0.717) is 6.04 Å². The van der Waals surface area contributed by atoms with Gasteiger partial charge in [-0.3, -0.25) is 0 Å². The van der Waals surface area contributed by atoms with Gasteiger partial charge in [-0.25, -0.2) is 0 Å². The number of piperazine rings is 1. The minimum absolute atomic E-state index is 0.606. The molecule has 1 aliphatic rings. The Bertz CT molecular complexity index is 412. The van der Waals surface area contributed by atoms with Gasteiger partial charge in [0.2, 0.25) is 0 Å². The van der Waals surface area contributed by atoms with E-state index in [9.17, 15) is 0 Å². The fourth-order valence-corrected chi connectivity index (χ4v) is 2.75.